The van der Waals surface area contributed by atoms with E-state index in [1.807, 2.05) is 18.2 Å². The largest absolute Gasteiger partial charge is 0.370 e. The molecule has 2 aromatic rings. The molecule has 2 aromatic heterocycles. The molecule has 0 aliphatic heterocycles. The van der Waals surface area contributed by atoms with Crippen LogP contribution >= 0.6 is 0 Å². The molecule has 5 heteroatoms. The first-order valence-corrected chi connectivity index (χ1v) is 5.61. The van der Waals surface area contributed by atoms with Crippen LogP contribution < -0.4 is 10.6 Å². The standard InChI is InChI=1S/C12H15N5/c1-2-5-14-11-8-12(16-9-15-11)17-10-3-6-13-7-4-10/h3-4,6-9H,2,5H2,1H3,(H2,13,14,15,16,17). The zero-order valence-electron chi connectivity index (χ0n) is 9.72. The van der Waals surface area contributed by atoms with Crippen molar-refractivity contribution in [3.8, 4) is 0 Å². The molecule has 88 valence electrons. The van der Waals surface area contributed by atoms with Gasteiger partial charge in [-0.05, 0) is 18.6 Å². The van der Waals surface area contributed by atoms with E-state index in [0.29, 0.717) is 0 Å². The molecule has 0 fully saturated rings. The van der Waals surface area contributed by atoms with Gasteiger partial charge in [0.05, 0.1) is 0 Å². The first-order valence-electron chi connectivity index (χ1n) is 5.61. The van der Waals surface area contributed by atoms with Crippen LogP contribution in [0.25, 0.3) is 0 Å². The topological polar surface area (TPSA) is 62.7 Å². The normalized spacial score (nSPS) is 9.94. The van der Waals surface area contributed by atoms with Gasteiger partial charge in [0.25, 0.3) is 0 Å². The molecule has 0 bridgehead atoms. The van der Waals surface area contributed by atoms with Crippen LogP contribution in [0.1, 0.15) is 13.3 Å². The van der Waals surface area contributed by atoms with Crippen LogP contribution in [0.4, 0.5) is 17.3 Å². The Hall–Kier alpha value is -2.17. The molecule has 2 heterocycles. The van der Waals surface area contributed by atoms with Crippen LogP contribution in [0.3, 0.4) is 0 Å². The number of anilines is 3. The van der Waals surface area contributed by atoms with Crippen molar-refractivity contribution in [3.63, 3.8) is 0 Å². The molecule has 0 unspecified atom stereocenters. The number of nitrogens with zero attached hydrogens (tertiary/aromatic N) is 3. The van der Waals surface area contributed by atoms with Crippen molar-refractivity contribution in [2.24, 2.45) is 0 Å². The Labute approximate surface area is 100 Å². The Bertz CT molecular complexity index is 457. The predicted octanol–water partition coefficient (Wildman–Crippen LogP) is 2.44. The third kappa shape index (κ3) is 3.41. The summed E-state index contributed by atoms with van der Waals surface area (Å²) in [5.74, 6) is 1.60. The fourth-order valence-corrected chi connectivity index (χ4v) is 1.36. The van der Waals surface area contributed by atoms with E-state index in [1.54, 1.807) is 18.7 Å². The summed E-state index contributed by atoms with van der Waals surface area (Å²) >= 11 is 0. The minimum Gasteiger partial charge on any atom is -0.370 e. The number of aromatic nitrogens is 3. The highest BCUT2D eigenvalue weighted by Gasteiger charge is 1.98. The summed E-state index contributed by atoms with van der Waals surface area (Å²) in [7, 11) is 0. The highest BCUT2D eigenvalue weighted by molar-refractivity contribution is 5.57. The fourth-order valence-electron chi connectivity index (χ4n) is 1.36. The third-order valence-electron chi connectivity index (χ3n) is 2.18. The number of pyridine rings is 1. The van der Waals surface area contributed by atoms with Crippen molar-refractivity contribution >= 4 is 17.3 Å². The van der Waals surface area contributed by atoms with Gasteiger partial charge in [0, 0.05) is 30.7 Å². The monoisotopic (exact) mass is 229 g/mol. The van der Waals surface area contributed by atoms with E-state index in [4.69, 9.17) is 0 Å². The van der Waals surface area contributed by atoms with Gasteiger partial charge in [0.15, 0.2) is 0 Å². The van der Waals surface area contributed by atoms with Gasteiger partial charge in [-0.2, -0.15) is 0 Å². The number of hydrogen-bond acceptors (Lipinski definition) is 5. The minimum atomic E-state index is 0.768. The smallest absolute Gasteiger partial charge is 0.135 e. The van der Waals surface area contributed by atoms with Crippen LogP contribution in [0, 0.1) is 0 Å². The molecule has 0 radical (unpaired) electrons. The molecular formula is C12H15N5. The van der Waals surface area contributed by atoms with E-state index in [2.05, 4.69) is 32.5 Å². The Balaban J connectivity index is 2.06. The summed E-state index contributed by atoms with van der Waals surface area (Å²) in [6, 6.07) is 5.67. The maximum atomic E-state index is 4.16. The first kappa shape index (κ1) is 11.3. The van der Waals surface area contributed by atoms with Crippen molar-refractivity contribution in [1.82, 2.24) is 15.0 Å². The van der Waals surface area contributed by atoms with Gasteiger partial charge in [-0.15, -0.1) is 0 Å². The summed E-state index contributed by atoms with van der Waals surface area (Å²) < 4.78 is 0. The molecule has 5 nitrogen and oxygen atoms in total. The molecule has 0 saturated carbocycles. The third-order valence-corrected chi connectivity index (χ3v) is 2.18. The maximum Gasteiger partial charge on any atom is 0.135 e. The molecule has 2 rings (SSSR count). The van der Waals surface area contributed by atoms with Crippen LogP contribution in [0.5, 0.6) is 0 Å². The van der Waals surface area contributed by atoms with Gasteiger partial charge in [0.1, 0.15) is 18.0 Å². The van der Waals surface area contributed by atoms with Crippen LogP contribution in [-0.2, 0) is 0 Å². The minimum absolute atomic E-state index is 0.768. The highest BCUT2D eigenvalue weighted by Crippen LogP contribution is 2.14. The molecule has 0 spiro atoms. The van der Waals surface area contributed by atoms with Gasteiger partial charge in [0.2, 0.25) is 0 Å². The molecule has 0 amide bonds. The Kier molecular flexibility index (Phi) is 3.85. The molecule has 0 aromatic carbocycles. The van der Waals surface area contributed by atoms with Crippen molar-refractivity contribution in [2.45, 2.75) is 13.3 Å². The van der Waals surface area contributed by atoms with Crippen molar-refractivity contribution < 1.29 is 0 Å². The molecule has 0 saturated heterocycles. The Morgan fingerprint density at radius 3 is 2.65 bits per heavy atom. The second kappa shape index (κ2) is 5.79. The van der Waals surface area contributed by atoms with E-state index < -0.39 is 0 Å². The Morgan fingerprint density at radius 2 is 1.88 bits per heavy atom. The van der Waals surface area contributed by atoms with Crippen LogP contribution in [0.2, 0.25) is 0 Å². The van der Waals surface area contributed by atoms with Crippen LogP contribution in [0.15, 0.2) is 36.9 Å². The highest BCUT2D eigenvalue weighted by atomic mass is 15.1. The lowest BCUT2D eigenvalue weighted by Gasteiger charge is -2.07. The predicted molar refractivity (Wildman–Crippen MR) is 68.3 cm³/mol. The van der Waals surface area contributed by atoms with Gasteiger partial charge in [-0.25, -0.2) is 9.97 Å². The molecule has 2 N–H and O–H groups in total. The second-order valence-electron chi connectivity index (χ2n) is 3.58. The number of rotatable bonds is 5. The second-order valence-corrected chi connectivity index (χ2v) is 3.58. The van der Waals surface area contributed by atoms with E-state index in [1.165, 1.54) is 0 Å². The zero-order chi connectivity index (χ0) is 11.9. The number of hydrogen-bond donors (Lipinski definition) is 2. The first-order chi connectivity index (χ1) is 8.38. The average molecular weight is 229 g/mol. The molecular weight excluding hydrogens is 214 g/mol. The van der Waals surface area contributed by atoms with Crippen molar-refractivity contribution in [3.05, 3.63) is 36.9 Å². The SMILES string of the molecule is CCCNc1cc(Nc2ccncc2)ncn1. The van der Waals surface area contributed by atoms with E-state index in [-0.39, 0.29) is 0 Å². The van der Waals surface area contributed by atoms with E-state index in [9.17, 15) is 0 Å². The fraction of sp³-hybridized carbons (Fsp3) is 0.250. The summed E-state index contributed by atoms with van der Waals surface area (Å²) in [5.41, 5.74) is 0.958. The number of nitrogens with one attached hydrogen (secondary N) is 2. The van der Waals surface area contributed by atoms with Gasteiger partial charge in [-0.1, -0.05) is 6.92 Å². The van der Waals surface area contributed by atoms with Gasteiger partial charge < -0.3 is 10.6 Å². The van der Waals surface area contributed by atoms with Crippen molar-refractivity contribution in [2.75, 3.05) is 17.2 Å². The maximum absolute atomic E-state index is 4.16. The lowest BCUT2D eigenvalue weighted by molar-refractivity contribution is 0.965. The molecule has 17 heavy (non-hydrogen) atoms. The average Bonchev–Trinajstić information content (AvgIpc) is 2.38. The molecule has 0 atom stereocenters. The van der Waals surface area contributed by atoms with E-state index in [0.717, 1.165) is 30.3 Å². The summed E-state index contributed by atoms with van der Waals surface area (Å²) in [5, 5.41) is 6.41. The summed E-state index contributed by atoms with van der Waals surface area (Å²) in [6.07, 6.45) is 6.08. The van der Waals surface area contributed by atoms with Crippen molar-refractivity contribution in [1.29, 1.82) is 0 Å². The lowest BCUT2D eigenvalue weighted by atomic mass is 10.4. The molecule has 0 aliphatic rings. The van der Waals surface area contributed by atoms with Gasteiger partial charge in [-0.3, -0.25) is 4.98 Å². The van der Waals surface area contributed by atoms with Crippen LogP contribution in [-0.4, -0.2) is 21.5 Å². The Morgan fingerprint density at radius 1 is 1.12 bits per heavy atom. The quantitative estimate of drug-likeness (QED) is 0.824. The lowest BCUT2D eigenvalue weighted by Crippen LogP contribution is -2.03. The molecule has 0 aliphatic carbocycles. The summed E-state index contributed by atoms with van der Waals surface area (Å²) in [6.45, 7) is 3.02. The van der Waals surface area contributed by atoms with Gasteiger partial charge >= 0.3 is 0 Å². The zero-order valence-corrected chi connectivity index (χ0v) is 9.72. The summed E-state index contributed by atoms with van der Waals surface area (Å²) in [4.78, 5) is 12.3. The van der Waals surface area contributed by atoms with E-state index >= 15 is 0 Å².